The fourth-order valence-electron chi connectivity index (χ4n) is 2.45. The lowest BCUT2D eigenvalue weighted by Crippen LogP contribution is -2.17. The lowest BCUT2D eigenvalue weighted by molar-refractivity contribution is -0.113. The summed E-state index contributed by atoms with van der Waals surface area (Å²) in [5.74, 6) is 6.60. The molecule has 0 saturated carbocycles. The number of aromatic nitrogens is 4. The summed E-state index contributed by atoms with van der Waals surface area (Å²) in [5.41, 5.74) is 2.82. The van der Waals surface area contributed by atoms with Crippen LogP contribution in [0, 0.1) is 0 Å². The summed E-state index contributed by atoms with van der Waals surface area (Å²) in [5, 5.41) is 11.5. The van der Waals surface area contributed by atoms with Crippen LogP contribution in [0.1, 0.15) is 26.3 Å². The molecule has 8 heteroatoms. The minimum atomic E-state index is -0.130. The summed E-state index contributed by atoms with van der Waals surface area (Å²) in [7, 11) is 0. The normalized spacial score (nSPS) is 11.4. The smallest absolute Gasteiger partial charge is 0.234 e. The van der Waals surface area contributed by atoms with Gasteiger partial charge in [-0.15, -0.1) is 10.2 Å². The van der Waals surface area contributed by atoms with Gasteiger partial charge in [-0.1, -0.05) is 44.7 Å². The van der Waals surface area contributed by atoms with Crippen molar-refractivity contribution >= 4 is 23.4 Å². The number of nitrogens with zero attached hydrogens (tertiary/aromatic N) is 4. The average molecular weight is 382 g/mol. The maximum Gasteiger partial charge on any atom is 0.234 e. The fourth-order valence-corrected chi connectivity index (χ4v) is 3.10. The van der Waals surface area contributed by atoms with E-state index in [9.17, 15) is 4.79 Å². The maximum atomic E-state index is 12.2. The van der Waals surface area contributed by atoms with E-state index in [0.717, 1.165) is 11.3 Å². The Kier molecular flexibility index (Phi) is 5.46. The number of anilines is 1. The van der Waals surface area contributed by atoms with Crippen molar-refractivity contribution in [1.29, 1.82) is 0 Å². The zero-order chi connectivity index (χ0) is 19.4. The summed E-state index contributed by atoms with van der Waals surface area (Å²) in [6.07, 6.45) is 3.34. The van der Waals surface area contributed by atoms with Gasteiger partial charge in [-0.25, -0.2) is 4.68 Å². The van der Waals surface area contributed by atoms with E-state index in [4.69, 9.17) is 5.84 Å². The van der Waals surface area contributed by atoms with E-state index >= 15 is 0 Å². The lowest BCUT2D eigenvalue weighted by Gasteiger charge is -2.19. The predicted molar refractivity (Wildman–Crippen MR) is 108 cm³/mol. The first-order valence-electron chi connectivity index (χ1n) is 8.48. The van der Waals surface area contributed by atoms with Crippen LogP contribution in [0.25, 0.3) is 11.4 Å². The third-order valence-electron chi connectivity index (χ3n) is 3.95. The monoisotopic (exact) mass is 382 g/mol. The van der Waals surface area contributed by atoms with E-state index in [1.54, 1.807) is 18.5 Å². The quantitative estimate of drug-likeness (QED) is 0.520. The van der Waals surface area contributed by atoms with Crippen molar-refractivity contribution in [3.05, 3.63) is 54.4 Å². The minimum Gasteiger partial charge on any atom is -0.335 e. The van der Waals surface area contributed by atoms with Crippen molar-refractivity contribution in [2.75, 3.05) is 16.9 Å². The Morgan fingerprint density at radius 3 is 2.56 bits per heavy atom. The summed E-state index contributed by atoms with van der Waals surface area (Å²) in [6, 6.07) is 11.5. The molecule has 0 spiro atoms. The van der Waals surface area contributed by atoms with Crippen LogP contribution in [0.3, 0.4) is 0 Å². The molecule has 0 saturated heterocycles. The fraction of sp³-hybridized carbons (Fsp3) is 0.263. The predicted octanol–water partition coefficient (Wildman–Crippen LogP) is 3.08. The SMILES string of the molecule is CC(C)(C)c1ccc(NC(=O)CSc2nnc(-c3cccnc3)n2N)cc1. The Morgan fingerprint density at radius 1 is 1.19 bits per heavy atom. The van der Waals surface area contributed by atoms with Crippen molar-refractivity contribution < 1.29 is 4.79 Å². The molecule has 0 fully saturated rings. The second-order valence-electron chi connectivity index (χ2n) is 7.08. The molecule has 3 aromatic rings. The van der Waals surface area contributed by atoms with Gasteiger partial charge in [0.25, 0.3) is 0 Å². The molecule has 0 aliphatic carbocycles. The second kappa shape index (κ2) is 7.79. The van der Waals surface area contributed by atoms with Crippen LogP contribution in [0.2, 0.25) is 0 Å². The first-order chi connectivity index (χ1) is 12.8. The highest BCUT2D eigenvalue weighted by molar-refractivity contribution is 7.99. The van der Waals surface area contributed by atoms with Gasteiger partial charge in [-0.3, -0.25) is 9.78 Å². The number of carbonyl (C=O) groups is 1. The number of rotatable bonds is 5. The Labute approximate surface area is 162 Å². The number of carbonyl (C=O) groups excluding carboxylic acids is 1. The molecule has 0 radical (unpaired) electrons. The molecular formula is C19H22N6OS. The van der Waals surface area contributed by atoms with Gasteiger partial charge in [0.1, 0.15) is 0 Å². The van der Waals surface area contributed by atoms with Crippen molar-refractivity contribution in [1.82, 2.24) is 19.9 Å². The molecule has 2 aromatic heterocycles. The van der Waals surface area contributed by atoms with Gasteiger partial charge in [-0.2, -0.15) is 0 Å². The van der Waals surface area contributed by atoms with Crippen LogP contribution in [0.15, 0.2) is 53.9 Å². The van der Waals surface area contributed by atoms with Crippen molar-refractivity contribution in [3.8, 4) is 11.4 Å². The van der Waals surface area contributed by atoms with E-state index in [-0.39, 0.29) is 17.1 Å². The molecular weight excluding hydrogens is 360 g/mol. The Balaban J connectivity index is 1.59. The number of benzene rings is 1. The van der Waals surface area contributed by atoms with Gasteiger partial charge >= 0.3 is 0 Å². The molecule has 0 bridgehead atoms. The van der Waals surface area contributed by atoms with Gasteiger partial charge in [0.15, 0.2) is 5.82 Å². The summed E-state index contributed by atoms with van der Waals surface area (Å²) < 4.78 is 1.37. The zero-order valence-corrected chi connectivity index (χ0v) is 16.3. The van der Waals surface area contributed by atoms with E-state index in [2.05, 4.69) is 41.3 Å². The number of nitrogen functional groups attached to an aromatic ring is 1. The number of nitrogens with one attached hydrogen (secondary N) is 1. The minimum absolute atomic E-state index is 0.0789. The van der Waals surface area contributed by atoms with E-state index in [1.807, 2.05) is 30.3 Å². The molecule has 2 heterocycles. The highest BCUT2D eigenvalue weighted by Crippen LogP contribution is 2.24. The highest BCUT2D eigenvalue weighted by atomic mass is 32.2. The Bertz CT molecular complexity index is 916. The first-order valence-corrected chi connectivity index (χ1v) is 9.47. The maximum absolute atomic E-state index is 12.2. The van der Waals surface area contributed by atoms with Gasteiger partial charge < -0.3 is 11.2 Å². The van der Waals surface area contributed by atoms with Gasteiger partial charge in [0.2, 0.25) is 11.1 Å². The summed E-state index contributed by atoms with van der Waals surface area (Å²) in [4.78, 5) is 16.3. The molecule has 1 amide bonds. The third kappa shape index (κ3) is 4.65. The van der Waals surface area contributed by atoms with E-state index in [0.29, 0.717) is 11.0 Å². The number of amides is 1. The third-order valence-corrected chi connectivity index (χ3v) is 4.89. The summed E-state index contributed by atoms with van der Waals surface area (Å²) in [6.45, 7) is 6.46. The largest absolute Gasteiger partial charge is 0.335 e. The molecule has 3 rings (SSSR count). The molecule has 0 unspecified atom stereocenters. The number of hydrogen-bond donors (Lipinski definition) is 2. The number of hydrogen-bond acceptors (Lipinski definition) is 6. The molecule has 140 valence electrons. The lowest BCUT2D eigenvalue weighted by atomic mass is 9.87. The van der Waals surface area contributed by atoms with E-state index in [1.165, 1.54) is 22.0 Å². The van der Waals surface area contributed by atoms with Crippen LogP contribution in [-0.4, -0.2) is 31.5 Å². The van der Waals surface area contributed by atoms with Gasteiger partial charge in [0, 0.05) is 23.6 Å². The zero-order valence-electron chi connectivity index (χ0n) is 15.5. The molecule has 0 atom stereocenters. The van der Waals surface area contributed by atoms with E-state index < -0.39 is 0 Å². The first kappa shape index (κ1) is 18.9. The van der Waals surface area contributed by atoms with Crippen LogP contribution in [0.4, 0.5) is 5.69 Å². The number of nitrogens with two attached hydrogens (primary N) is 1. The van der Waals surface area contributed by atoms with Gasteiger partial charge in [-0.05, 0) is 35.2 Å². The van der Waals surface area contributed by atoms with Crippen molar-refractivity contribution in [3.63, 3.8) is 0 Å². The standard InChI is InChI=1S/C19H22N6OS/c1-19(2,3)14-6-8-15(9-7-14)22-16(26)12-27-18-24-23-17(25(18)20)13-5-4-10-21-11-13/h4-11H,12,20H2,1-3H3,(H,22,26). The topological polar surface area (TPSA) is 98.7 Å². The molecule has 1 aromatic carbocycles. The number of thioether (sulfide) groups is 1. The Morgan fingerprint density at radius 2 is 1.93 bits per heavy atom. The van der Waals surface area contributed by atoms with Crippen molar-refractivity contribution in [2.45, 2.75) is 31.3 Å². The summed E-state index contributed by atoms with van der Waals surface area (Å²) >= 11 is 1.23. The average Bonchev–Trinajstić information content (AvgIpc) is 3.01. The Hall–Kier alpha value is -2.87. The van der Waals surface area contributed by atoms with Crippen molar-refractivity contribution in [2.24, 2.45) is 0 Å². The second-order valence-corrected chi connectivity index (χ2v) is 8.02. The van der Waals surface area contributed by atoms with Crippen LogP contribution in [-0.2, 0) is 10.2 Å². The van der Waals surface area contributed by atoms with Crippen LogP contribution < -0.4 is 11.2 Å². The molecule has 0 aliphatic rings. The van der Waals surface area contributed by atoms with Gasteiger partial charge in [0.05, 0.1) is 5.75 Å². The highest BCUT2D eigenvalue weighted by Gasteiger charge is 2.15. The molecule has 3 N–H and O–H groups in total. The van der Waals surface area contributed by atoms with Crippen LogP contribution >= 0.6 is 11.8 Å². The molecule has 27 heavy (non-hydrogen) atoms. The molecule has 7 nitrogen and oxygen atoms in total. The van der Waals surface area contributed by atoms with Crippen LogP contribution in [0.5, 0.6) is 0 Å². The number of pyridine rings is 1. The molecule has 0 aliphatic heterocycles.